The molecule has 138 valence electrons. The minimum Gasteiger partial charge on any atom is -0.470 e. The predicted molar refractivity (Wildman–Crippen MR) is 98.1 cm³/mol. The van der Waals surface area contributed by atoms with Gasteiger partial charge in [-0.15, -0.1) is 0 Å². The number of hydrogen-bond acceptors (Lipinski definition) is 4. The van der Waals surface area contributed by atoms with Gasteiger partial charge >= 0.3 is 0 Å². The monoisotopic (exact) mass is 336 g/mol. The van der Waals surface area contributed by atoms with Crippen LogP contribution in [0.2, 0.25) is 0 Å². The predicted octanol–water partition coefficient (Wildman–Crippen LogP) is 4.59. The van der Waals surface area contributed by atoms with Crippen molar-refractivity contribution >= 4 is 5.90 Å². The van der Waals surface area contributed by atoms with E-state index in [0.29, 0.717) is 12.5 Å². The molecule has 1 aliphatic carbocycles. The maximum Gasteiger partial charge on any atom is 0.232 e. The highest BCUT2D eigenvalue weighted by Gasteiger charge is 2.47. The van der Waals surface area contributed by atoms with Gasteiger partial charge < -0.3 is 9.57 Å². The lowest BCUT2D eigenvalue weighted by Gasteiger charge is -2.39. The first-order valence-electron chi connectivity index (χ1n) is 10.3. The Kier molecular flexibility index (Phi) is 6.43. The average Bonchev–Trinajstić information content (AvgIpc) is 2.98. The molecule has 2 fully saturated rings. The summed E-state index contributed by atoms with van der Waals surface area (Å²) < 4.78 is 6.46. The third kappa shape index (κ3) is 4.07. The van der Waals surface area contributed by atoms with E-state index in [2.05, 4.69) is 23.9 Å². The second-order valence-corrected chi connectivity index (χ2v) is 8.20. The average molecular weight is 337 g/mol. The van der Waals surface area contributed by atoms with Gasteiger partial charge in [-0.05, 0) is 51.1 Å². The van der Waals surface area contributed by atoms with E-state index >= 15 is 0 Å². The SMILES string of the molecule is CCCCCC1(C2=NOCC(CN3CCCCC3)O2)CCCC1C. The Morgan fingerprint density at radius 2 is 2.00 bits per heavy atom. The van der Waals surface area contributed by atoms with Gasteiger partial charge in [0, 0.05) is 6.54 Å². The molecule has 0 spiro atoms. The van der Waals surface area contributed by atoms with Crippen LogP contribution in [0.25, 0.3) is 0 Å². The molecule has 24 heavy (non-hydrogen) atoms. The van der Waals surface area contributed by atoms with Crippen molar-refractivity contribution in [2.24, 2.45) is 16.5 Å². The van der Waals surface area contributed by atoms with Crippen molar-refractivity contribution in [1.29, 1.82) is 0 Å². The third-order valence-corrected chi connectivity index (χ3v) is 6.45. The molecule has 0 bridgehead atoms. The van der Waals surface area contributed by atoms with Crippen LogP contribution in [0, 0.1) is 11.3 Å². The van der Waals surface area contributed by atoms with E-state index in [4.69, 9.17) is 9.57 Å². The minimum absolute atomic E-state index is 0.135. The fourth-order valence-corrected chi connectivity index (χ4v) is 4.85. The highest BCUT2D eigenvalue weighted by atomic mass is 16.7. The van der Waals surface area contributed by atoms with E-state index in [1.54, 1.807) is 0 Å². The molecule has 1 saturated carbocycles. The van der Waals surface area contributed by atoms with Crippen LogP contribution in [0.5, 0.6) is 0 Å². The van der Waals surface area contributed by atoms with Crippen molar-refractivity contribution in [3.63, 3.8) is 0 Å². The Balaban J connectivity index is 1.63. The van der Waals surface area contributed by atoms with Gasteiger partial charge in [0.05, 0.1) is 5.41 Å². The number of likely N-dealkylation sites (tertiary alicyclic amines) is 1. The van der Waals surface area contributed by atoms with Crippen molar-refractivity contribution in [3.05, 3.63) is 0 Å². The lowest BCUT2D eigenvalue weighted by atomic mass is 9.74. The van der Waals surface area contributed by atoms with Crippen LogP contribution in [0.1, 0.15) is 78.1 Å². The summed E-state index contributed by atoms with van der Waals surface area (Å²) >= 11 is 0. The largest absolute Gasteiger partial charge is 0.470 e. The number of piperidine rings is 1. The molecule has 2 aliphatic heterocycles. The topological polar surface area (TPSA) is 34.1 Å². The van der Waals surface area contributed by atoms with Gasteiger partial charge in [0.25, 0.3) is 0 Å². The zero-order valence-electron chi connectivity index (χ0n) is 15.8. The molecule has 2 heterocycles. The first-order chi connectivity index (χ1) is 11.7. The quantitative estimate of drug-likeness (QED) is 0.638. The summed E-state index contributed by atoms with van der Waals surface area (Å²) in [4.78, 5) is 8.21. The lowest BCUT2D eigenvalue weighted by Crippen LogP contribution is -2.46. The summed E-state index contributed by atoms with van der Waals surface area (Å²) in [5.41, 5.74) is 0.135. The van der Waals surface area contributed by atoms with Gasteiger partial charge in [0.2, 0.25) is 5.90 Å². The van der Waals surface area contributed by atoms with Gasteiger partial charge in [-0.3, -0.25) is 4.90 Å². The third-order valence-electron chi connectivity index (χ3n) is 6.45. The molecular weight excluding hydrogens is 300 g/mol. The maximum atomic E-state index is 6.46. The van der Waals surface area contributed by atoms with Crippen LogP contribution in [0.4, 0.5) is 0 Å². The molecule has 3 rings (SSSR count). The standard InChI is InChI=1S/C20H36N2O2/c1-3-4-6-11-20(12-9-10-17(20)2)19-21-23-16-18(24-19)15-22-13-7-5-8-14-22/h17-18H,3-16H2,1-2H3. The van der Waals surface area contributed by atoms with Crippen molar-refractivity contribution in [3.8, 4) is 0 Å². The van der Waals surface area contributed by atoms with E-state index in [-0.39, 0.29) is 11.5 Å². The highest BCUT2D eigenvalue weighted by Crippen LogP contribution is 2.49. The molecule has 0 aromatic carbocycles. The smallest absolute Gasteiger partial charge is 0.232 e. The minimum atomic E-state index is 0.135. The van der Waals surface area contributed by atoms with Gasteiger partial charge in [-0.25, -0.2) is 0 Å². The van der Waals surface area contributed by atoms with Gasteiger partial charge in [-0.1, -0.05) is 51.1 Å². The number of hydrogen-bond donors (Lipinski definition) is 0. The highest BCUT2D eigenvalue weighted by molar-refractivity contribution is 5.83. The Hall–Kier alpha value is -0.770. The van der Waals surface area contributed by atoms with E-state index in [0.717, 1.165) is 12.4 Å². The molecule has 1 saturated heterocycles. The summed E-state index contributed by atoms with van der Waals surface area (Å²) in [5.74, 6) is 1.59. The molecule has 0 aromatic heterocycles. The van der Waals surface area contributed by atoms with Gasteiger partial charge in [-0.2, -0.15) is 0 Å². The number of rotatable bonds is 7. The Morgan fingerprint density at radius 3 is 2.71 bits per heavy atom. The molecule has 3 aliphatic rings. The zero-order valence-corrected chi connectivity index (χ0v) is 15.8. The number of oxime groups is 1. The summed E-state index contributed by atoms with van der Waals surface area (Å²) in [5, 5.41) is 4.43. The number of ether oxygens (including phenoxy) is 1. The summed E-state index contributed by atoms with van der Waals surface area (Å²) in [7, 11) is 0. The lowest BCUT2D eigenvalue weighted by molar-refractivity contribution is -0.0253. The molecule has 0 aromatic rings. The van der Waals surface area contributed by atoms with E-state index in [9.17, 15) is 0 Å². The van der Waals surface area contributed by atoms with Crippen molar-refractivity contribution < 1.29 is 9.57 Å². The van der Waals surface area contributed by atoms with Crippen LogP contribution in [0.15, 0.2) is 5.16 Å². The second-order valence-electron chi connectivity index (χ2n) is 8.20. The van der Waals surface area contributed by atoms with E-state index in [1.807, 2.05) is 0 Å². The summed E-state index contributed by atoms with van der Waals surface area (Å²) in [6.07, 6.45) is 13.1. The molecule has 4 heteroatoms. The molecule has 4 nitrogen and oxygen atoms in total. The number of nitrogens with zero attached hydrogens (tertiary/aromatic N) is 2. The molecule has 3 unspecified atom stereocenters. The van der Waals surface area contributed by atoms with Crippen molar-refractivity contribution in [1.82, 2.24) is 4.90 Å². The van der Waals surface area contributed by atoms with Crippen LogP contribution in [-0.4, -0.2) is 43.1 Å². The normalized spacial score (nSPS) is 34.5. The van der Waals surface area contributed by atoms with Crippen molar-refractivity contribution in [2.75, 3.05) is 26.2 Å². The fraction of sp³-hybridized carbons (Fsp3) is 0.950. The molecule has 0 radical (unpaired) electrons. The molecular formula is C20H36N2O2. The Bertz CT molecular complexity index is 420. The van der Waals surface area contributed by atoms with E-state index < -0.39 is 0 Å². The second kappa shape index (κ2) is 8.55. The number of unbranched alkanes of at least 4 members (excludes halogenated alkanes) is 2. The molecule has 0 N–H and O–H groups in total. The van der Waals surface area contributed by atoms with Crippen LogP contribution < -0.4 is 0 Å². The molecule has 0 amide bonds. The van der Waals surface area contributed by atoms with Crippen molar-refractivity contribution in [2.45, 2.75) is 84.2 Å². The Labute approximate surface area is 147 Å². The first-order valence-corrected chi connectivity index (χ1v) is 10.3. The van der Waals surface area contributed by atoms with Gasteiger partial charge in [0.15, 0.2) is 6.61 Å². The zero-order chi connectivity index (χ0) is 16.8. The van der Waals surface area contributed by atoms with Crippen LogP contribution in [-0.2, 0) is 9.57 Å². The van der Waals surface area contributed by atoms with E-state index in [1.165, 1.54) is 77.3 Å². The van der Waals surface area contributed by atoms with Gasteiger partial charge in [0.1, 0.15) is 6.10 Å². The summed E-state index contributed by atoms with van der Waals surface area (Å²) in [6.45, 7) is 8.70. The molecule has 3 atom stereocenters. The maximum absolute atomic E-state index is 6.46. The Morgan fingerprint density at radius 1 is 1.17 bits per heavy atom. The summed E-state index contributed by atoms with van der Waals surface area (Å²) in [6, 6.07) is 0. The first kappa shape index (κ1) is 18.0. The fourth-order valence-electron chi connectivity index (χ4n) is 4.85. The van der Waals surface area contributed by atoms with Crippen LogP contribution in [0.3, 0.4) is 0 Å². The van der Waals surface area contributed by atoms with Crippen LogP contribution >= 0.6 is 0 Å².